The Bertz CT molecular complexity index is 475. The summed E-state index contributed by atoms with van der Waals surface area (Å²) in [4.78, 5) is 0. The molecule has 0 fully saturated rings. The second kappa shape index (κ2) is 4.86. The third kappa shape index (κ3) is 2.66. The van der Waals surface area contributed by atoms with Gasteiger partial charge >= 0.3 is 0 Å². The number of fused-ring (bicyclic) bond motifs is 1. The maximum Gasteiger partial charge on any atom is 0.175 e. The molecule has 1 aromatic carbocycles. The molecule has 0 amide bonds. The van der Waals surface area contributed by atoms with Gasteiger partial charge in [0.05, 0.1) is 15.7 Å². The topological polar surface area (TPSA) is 30.5 Å². The monoisotopic (exact) mass is 247 g/mol. The van der Waals surface area contributed by atoms with Crippen LogP contribution in [0.1, 0.15) is 18.9 Å². The SMILES string of the molecule is [B]C1([B])Oc2ccc(C([B])([B])[C@@H](CC)NC)cc2O1. The van der Waals surface area contributed by atoms with Crippen molar-refractivity contribution in [1.82, 2.24) is 5.32 Å². The molecule has 7 heteroatoms. The zero-order valence-corrected chi connectivity index (χ0v) is 11.1. The molecule has 2 rings (SSSR count). The molecule has 19 heavy (non-hydrogen) atoms. The minimum atomic E-state index is -1.64. The van der Waals surface area contributed by atoms with Crippen LogP contribution in [-0.2, 0) is 5.21 Å². The van der Waals surface area contributed by atoms with E-state index in [-0.39, 0.29) is 6.04 Å². The van der Waals surface area contributed by atoms with Gasteiger partial charge < -0.3 is 14.8 Å². The molecule has 3 nitrogen and oxygen atoms in total. The highest BCUT2D eigenvalue weighted by Gasteiger charge is 2.33. The maximum atomic E-state index is 6.22. The van der Waals surface area contributed by atoms with Gasteiger partial charge in [-0.25, -0.2) is 0 Å². The van der Waals surface area contributed by atoms with E-state index in [4.69, 9.17) is 40.9 Å². The van der Waals surface area contributed by atoms with Crippen LogP contribution in [0, 0.1) is 0 Å². The van der Waals surface area contributed by atoms with E-state index >= 15 is 0 Å². The summed E-state index contributed by atoms with van der Waals surface area (Å²) >= 11 is 0. The van der Waals surface area contributed by atoms with Crippen LogP contribution < -0.4 is 14.8 Å². The molecule has 90 valence electrons. The number of ether oxygens (including phenoxy) is 2. The molecular weight excluding hydrogens is 233 g/mol. The van der Waals surface area contributed by atoms with Crippen LogP contribution in [0.4, 0.5) is 0 Å². The van der Waals surface area contributed by atoms with E-state index in [1.165, 1.54) is 0 Å². The van der Waals surface area contributed by atoms with Crippen molar-refractivity contribution in [3.05, 3.63) is 23.8 Å². The maximum absolute atomic E-state index is 6.22. The van der Waals surface area contributed by atoms with Crippen molar-refractivity contribution in [2.24, 2.45) is 0 Å². The Kier molecular flexibility index (Phi) is 3.69. The van der Waals surface area contributed by atoms with Gasteiger partial charge in [0.25, 0.3) is 0 Å². The first kappa shape index (κ1) is 14.4. The predicted molar refractivity (Wildman–Crippen MR) is 78.3 cm³/mol. The smallest absolute Gasteiger partial charge is 0.175 e. The molecule has 1 aliphatic rings. The highest BCUT2D eigenvalue weighted by atomic mass is 16.7. The molecule has 0 saturated carbocycles. The number of likely N-dealkylation sites (N-methyl/N-ethyl adjacent to an activating group) is 1. The van der Waals surface area contributed by atoms with Crippen LogP contribution in [0.5, 0.6) is 11.5 Å². The summed E-state index contributed by atoms with van der Waals surface area (Å²) in [5.74, 6) is 0.913. The van der Waals surface area contributed by atoms with Crippen molar-refractivity contribution in [2.45, 2.75) is 30.2 Å². The molecule has 1 N–H and O–H groups in total. The molecule has 0 bridgehead atoms. The third-order valence-electron chi connectivity index (χ3n) is 3.32. The average molecular weight is 246 g/mol. The summed E-state index contributed by atoms with van der Waals surface area (Å²) in [5.41, 5.74) is -0.922. The number of hydrogen-bond donors (Lipinski definition) is 1. The molecule has 1 atom stereocenters. The molecule has 0 aromatic heterocycles. The van der Waals surface area contributed by atoms with Crippen molar-refractivity contribution in [3.63, 3.8) is 0 Å². The van der Waals surface area contributed by atoms with Gasteiger partial charge in [0.1, 0.15) is 0 Å². The fraction of sp³-hybridized carbons (Fsp3) is 0.500. The molecule has 1 heterocycles. The number of benzene rings is 1. The molecule has 0 saturated heterocycles. The van der Waals surface area contributed by atoms with Crippen LogP contribution >= 0.6 is 0 Å². The highest BCUT2D eigenvalue weighted by molar-refractivity contribution is 6.41. The summed E-state index contributed by atoms with van der Waals surface area (Å²) in [7, 11) is 25.4. The van der Waals surface area contributed by atoms with Gasteiger partial charge in [-0.05, 0) is 25.6 Å². The first-order valence-electron chi connectivity index (χ1n) is 6.15. The van der Waals surface area contributed by atoms with E-state index in [2.05, 4.69) is 5.32 Å². The molecule has 0 aliphatic carbocycles. The Morgan fingerprint density at radius 3 is 2.47 bits per heavy atom. The van der Waals surface area contributed by atoms with Gasteiger partial charge in [-0.1, -0.05) is 23.8 Å². The van der Waals surface area contributed by atoms with Crippen molar-refractivity contribution in [1.29, 1.82) is 0 Å². The fourth-order valence-electron chi connectivity index (χ4n) is 2.29. The van der Waals surface area contributed by atoms with Crippen molar-refractivity contribution >= 4 is 31.4 Å². The molecule has 1 aliphatic heterocycles. The summed E-state index contributed by atoms with van der Waals surface area (Å²) in [5, 5.41) is 2.07. The Hall–Kier alpha value is -0.960. The molecular formula is C12H13B4NO2. The largest absolute Gasteiger partial charge is 0.468 e. The molecule has 0 unspecified atom stereocenters. The lowest BCUT2D eigenvalue weighted by molar-refractivity contribution is 0.0833. The van der Waals surface area contributed by atoms with Crippen LogP contribution in [0.3, 0.4) is 0 Å². The Morgan fingerprint density at radius 2 is 1.89 bits per heavy atom. The van der Waals surface area contributed by atoms with E-state index in [0.717, 1.165) is 6.42 Å². The highest BCUT2D eigenvalue weighted by Crippen LogP contribution is 2.39. The number of rotatable bonds is 4. The summed E-state index contributed by atoms with van der Waals surface area (Å²) in [6.45, 7) is 2.01. The van der Waals surface area contributed by atoms with Gasteiger partial charge in [0.15, 0.2) is 32.8 Å². The average Bonchev–Trinajstić information content (AvgIpc) is 2.62. The van der Waals surface area contributed by atoms with Gasteiger partial charge in [-0.3, -0.25) is 0 Å². The first-order valence-corrected chi connectivity index (χ1v) is 6.15. The predicted octanol–water partition coefficient (Wildman–Crippen LogP) is -0.106. The Labute approximate surface area is 119 Å². The zero-order valence-electron chi connectivity index (χ0n) is 11.1. The summed E-state index contributed by atoms with van der Waals surface area (Å²) < 4.78 is 10.5. The Balaban J connectivity index is 2.34. The third-order valence-corrected chi connectivity index (χ3v) is 3.32. The second-order valence-corrected chi connectivity index (χ2v) is 4.77. The van der Waals surface area contributed by atoms with Crippen LogP contribution in [0.25, 0.3) is 0 Å². The van der Waals surface area contributed by atoms with Crippen LogP contribution in [-0.4, -0.2) is 50.1 Å². The number of hydrogen-bond acceptors (Lipinski definition) is 3. The lowest BCUT2D eigenvalue weighted by Crippen LogP contribution is -2.48. The van der Waals surface area contributed by atoms with Crippen LogP contribution in [0.2, 0.25) is 0 Å². The van der Waals surface area contributed by atoms with E-state index < -0.39 is 10.8 Å². The lowest BCUT2D eigenvalue weighted by Gasteiger charge is -2.35. The minimum absolute atomic E-state index is 0.0756. The standard InChI is InChI=1S/C12H13B4NO2/c1-3-10(17-2)11(13,14)7-4-5-8-9(6-7)19-12(15,16)18-8/h4-6,10,17H,3H2,1-2H3/t10-/m1/s1. The Morgan fingerprint density at radius 1 is 1.26 bits per heavy atom. The molecule has 1 aromatic rings. The van der Waals surface area contributed by atoms with Crippen molar-refractivity contribution < 1.29 is 9.47 Å². The van der Waals surface area contributed by atoms with E-state index in [1.54, 1.807) is 18.2 Å². The van der Waals surface area contributed by atoms with Crippen molar-refractivity contribution in [3.8, 4) is 11.5 Å². The zero-order chi connectivity index (χ0) is 14.3. The van der Waals surface area contributed by atoms with Crippen LogP contribution in [0.15, 0.2) is 18.2 Å². The second-order valence-electron chi connectivity index (χ2n) is 4.77. The minimum Gasteiger partial charge on any atom is -0.468 e. The van der Waals surface area contributed by atoms with Gasteiger partial charge in [0, 0.05) is 6.04 Å². The van der Waals surface area contributed by atoms with Gasteiger partial charge in [-0.15, -0.1) is 0 Å². The first-order chi connectivity index (χ1) is 8.80. The van der Waals surface area contributed by atoms with Gasteiger partial charge in [-0.2, -0.15) is 0 Å². The number of nitrogens with one attached hydrogen (secondary N) is 1. The summed E-state index contributed by atoms with van der Waals surface area (Å²) in [6, 6.07) is 5.11. The summed E-state index contributed by atoms with van der Waals surface area (Å²) in [6.07, 6.45) is 0.787. The fourth-order valence-corrected chi connectivity index (χ4v) is 2.29. The molecule has 0 spiro atoms. The van der Waals surface area contributed by atoms with E-state index in [0.29, 0.717) is 17.1 Å². The van der Waals surface area contributed by atoms with Gasteiger partial charge in [0.2, 0.25) is 0 Å². The van der Waals surface area contributed by atoms with E-state index in [9.17, 15) is 0 Å². The lowest BCUT2D eigenvalue weighted by atomic mass is 9.47. The normalized spacial score (nSPS) is 18.2. The van der Waals surface area contributed by atoms with Crippen molar-refractivity contribution in [2.75, 3.05) is 7.05 Å². The molecule has 8 radical (unpaired) electrons. The quantitative estimate of drug-likeness (QED) is 0.752. The van der Waals surface area contributed by atoms with E-state index in [1.807, 2.05) is 14.0 Å².